The van der Waals surface area contributed by atoms with E-state index in [1.807, 2.05) is 41.2 Å². The molecule has 29 heavy (non-hydrogen) atoms. The quantitative estimate of drug-likeness (QED) is 0.742. The molecule has 2 amide bonds. The van der Waals surface area contributed by atoms with Crippen LogP contribution in [-0.2, 0) is 16.0 Å². The molecule has 4 rings (SSSR count). The molecular formula is C21H29N5O3. The van der Waals surface area contributed by atoms with Crippen molar-refractivity contribution in [3.63, 3.8) is 0 Å². The molecule has 0 spiro atoms. The van der Waals surface area contributed by atoms with Gasteiger partial charge in [0.25, 0.3) is 0 Å². The third-order valence-corrected chi connectivity index (χ3v) is 5.61. The van der Waals surface area contributed by atoms with E-state index in [9.17, 15) is 4.79 Å². The van der Waals surface area contributed by atoms with Crippen LogP contribution in [0.15, 0.2) is 42.7 Å². The largest absolute Gasteiger partial charge is 0.381 e. The first-order valence-corrected chi connectivity index (χ1v) is 10.3. The number of nitrogens with zero attached hydrogens (tertiary/aromatic N) is 3. The van der Waals surface area contributed by atoms with Crippen LogP contribution in [0.1, 0.15) is 12.0 Å². The number of amides is 2. The summed E-state index contributed by atoms with van der Waals surface area (Å²) in [6.07, 6.45) is 4.74. The van der Waals surface area contributed by atoms with Crippen molar-refractivity contribution in [3.05, 3.63) is 48.3 Å². The summed E-state index contributed by atoms with van der Waals surface area (Å²) in [5.74, 6) is 0.454. The van der Waals surface area contributed by atoms with Crippen LogP contribution in [0.5, 0.6) is 0 Å². The van der Waals surface area contributed by atoms with Gasteiger partial charge in [-0.25, -0.2) is 4.79 Å². The van der Waals surface area contributed by atoms with Crippen LogP contribution in [0.2, 0.25) is 0 Å². The van der Waals surface area contributed by atoms with E-state index in [1.165, 1.54) is 0 Å². The molecule has 2 aromatic rings. The van der Waals surface area contributed by atoms with Crippen LogP contribution in [0.3, 0.4) is 0 Å². The second kappa shape index (κ2) is 9.87. The minimum atomic E-state index is -0.179. The molecule has 8 nitrogen and oxygen atoms in total. The van der Waals surface area contributed by atoms with Gasteiger partial charge in [-0.2, -0.15) is 5.10 Å². The molecule has 2 N–H and O–H groups in total. The maximum absolute atomic E-state index is 12.4. The third kappa shape index (κ3) is 5.56. The number of rotatable bonds is 7. The Hall–Kier alpha value is -2.42. The van der Waals surface area contributed by atoms with Gasteiger partial charge in [-0.3, -0.25) is 9.58 Å². The van der Waals surface area contributed by atoms with Gasteiger partial charge in [0.15, 0.2) is 0 Å². The van der Waals surface area contributed by atoms with E-state index in [0.717, 1.165) is 57.2 Å². The van der Waals surface area contributed by atoms with Gasteiger partial charge in [0, 0.05) is 56.3 Å². The highest BCUT2D eigenvalue weighted by Gasteiger charge is 2.31. The lowest BCUT2D eigenvalue weighted by Crippen LogP contribution is -2.52. The van der Waals surface area contributed by atoms with Crippen LogP contribution in [-0.4, -0.2) is 72.8 Å². The van der Waals surface area contributed by atoms with Gasteiger partial charge in [-0.05, 0) is 30.2 Å². The van der Waals surface area contributed by atoms with Crippen molar-refractivity contribution in [1.82, 2.24) is 20.0 Å². The summed E-state index contributed by atoms with van der Waals surface area (Å²) >= 11 is 0. The fourth-order valence-electron chi connectivity index (χ4n) is 4.01. The SMILES string of the molecule is O=C(NCC(C1CCOC1)N1CCOCC1)Nc1ccc(Cn2cccn2)cc1. The van der Waals surface area contributed by atoms with Gasteiger partial charge in [-0.1, -0.05) is 12.1 Å². The average molecular weight is 399 g/mol. The molecule has 2 unspecified atom stereocenters. The highest BCUT2D eigenvalue weighted by Crippen LogP contribution is 2.22. The number of ether oxygens (including phenoxy) is 2. The molecule has 0 aliphatic carbocycles. The van der Waals surface area contributed by atoms with E-state index in [2.05, 4.69) is 20.6 Å². The zero-order chi connectivity index (χ0) is 19.9. The molecule has 0 saturated carbocycles. The normalized spacial score (nSPS) is 21.0. The van der Waals surface area contributed by atoms with Crippen LogP contribution < -0.4 is 10.6 Å². The molecule has 2 aliphatic heterocycles. The second-order valence-electron chi connectivity index (χ2n) is 7.57. The molecule has 2 atom stereocenters. The second-order valence-corrected chi connectivity index (χ2v) is 7.57. The summed E-state index contributed by atoms with van der Waals surface area (Å²) in [6.45, 7) is 6.21. The highest BCUT2D eigenvalue weighted by atomic mass is 16.5. The lowest BCUT2D eigenvalue weighted by atomic mass is 9.97. The number of anilines is 1. The summed E-state index contributed by atoms with van der Waals surface area (Å²) < 4.78 is 12.9. The number of nitrogens with one attached hydrogen (secondary N) is 2. The predicted molar refractivity (Wildman–Crippen MR) is 110 cm³/mol. The fraction of sp³-hybridized carbons (Fsp3) is 0.524. The monoisotopic (exact) mass is 399 g/mol. The van der Waals surface area contributed by atoms with Gasteiger partial charge in [0.2, 0.25) is 0 Å². The summed E-state index contributed by atoms with van der Waals surface area (Å²) in [5, 5.41) is 10.2. The predicted octanol–water partition coefficient (Wildman–Crippen LogP) is 1.79. The van der Waals surface area contributed by atoms with Crippen molar-refractivity contribution in [2.45, 2.75) is 19.0 Å². The summed E-state index contributed by atoms with van der Waals surface area (Å²) in [4.78, 5) is 14.9. The molecule has 2 saturated heterocycles. The van der Waals surface area contributed by atoms with Gasteiger partial charge in [0.1, 0.15) is 0 Å². The van der Waals surface area contributed by atoms with Crippen LogP contribution in [0.4, 0.5) is 10.5 Å². The Labute approximate surface area is 171 Å². The minimum absolute atomic E-state index is 0.179. The average Bonchev–Trinajstić information content (AvgIpc) is 3.45. The first-order valence-electron chi connectivity index (χ1n) is 10.3. The Bertz CT molecular complexity index is 753. The Balaban J connectivity index is 1.28. The van der Waals surface area contributed by atoms with Crippen molar-refractivity contribution >= 4 is 11.7 Å². The first-order chi connectivity index (χ1) is 14.3. The van der Waals surface area contributed by atoms with E-state index in [1.54, 1.807) is 6.20 Å². The zero-order valence-corrected chi connectivity index (χ0v) is 16.6. The van der Waals surface area contributed by atoms with Crippen LogP contribution >= 0.6 is 0 Å². The van der Waals surface area contributed by atoms with E-state index in [-0.39, 0.29) is 12.1 Å². The molecule has 2 aliphatic rings. The maximum atomic E-state index is 12.4. The fourth-order valence-corrected chi connectivity index (χ4v) is 4.01. The number of carbonyl (C=O) groups is 1. The Morgan fingerprint density at radius 2 is 2.00 bits per heavy atom. The van der Waals surface area contributed by atoms with Crippen molar-refractivity contribution in [2.24, 2.45) is 5.92 Å². The molecule has 3 heterocycles. The first kappa shape index (κ1) is 19.9. The number of hydrogen-bond donors (Lipinski definition) is 2. The zero-order valence-electron chi connectivity index (χ0n) is 16.6. The number of urea groups is 1. The standard InChI is InChI=1S/C21H29N5O3/c27-21(24-19-4-2-17(3-5-19)15-26-8-1-7-23-26)22-14-20(18-6-11-29-16-18)25-9-12-28-13-10-25/h1-5,7-8,18,20H,6,9-16H2,(H2,22,24,27). The van der Waals surface area contributed by atoms with E-state index < -0.39 is 0 Å². The Kier molecular flexibility index (Phi) is 6.76. The Morgan fingerprint density at radius 1 is 1.17 bits per heavy atom. The molecule has 0 bridgehead atoms. The Morgan fingerprint density at radius 3 is 2.69 bits per heavy atom. The van der Waals surface area contributed by atoms with Crippen molar-refractivity contribution in [2.75, 3.05) is 51.4 Å². The highest BCUT2D eigenvalue weighted by molar-refractivity contribution is 5.89. The third-order valence-electron chi connectivity index (χ3n) is 5.61. The molecule has 156 valence electrons. The lowest BCUT2D eigenvalue weighted by molar-refractivity contribution is 0.00222. The number of hydrogen-bond acceptors (Lipinski definition) is 5. The lowest BCUT2D eigenvalue weighted by Gasteiger charge is -2.37. The topological polar surface area (TPSA) is 80.6 Å². The van der Waals surface area contributed by atoms with Gasteiger partial charge >= 0.3 is 6.03 Å². The molecule has 1 aromatic heterocycles. The van der Waals surface area contributed by atoms with Gasteiger partial charge < -0.3 is 20.1 Å². The number of benzene rings is 1. The van der Waals surface area contributed by atoms with E-state index in [0.29, 0.717) is 19.0 Å². The van der Waals surface area contributed by atoms with Crippen molar-refractivity contribution < 1.29 is 14.3 Å². The van der Waals surface area contributed by atoms with Crippen molar-refractivity contribution in [1.29, 1.82) is 0 Å². The molecule has 0 radical (unpaired) electrons. The number of morpholine rings is 1. The summed E-state index contributed by atoms with van der Waals surface area (Å²) in [7, 11) is 0. The van der Waals surface area contributed by atoms with Gasteiger partial charge in [-0.15, -0.1) is 0 Å². The number of carbonyl (C=O) groups excluding carboxylic acids is 1. The smallest absolute Gasteiger partial charge is 0.319 e. The summed E-state index contributed by atoms with van der Waals surface area (Å²) in [6, 6.07) is 9.85. The van der Waals surface area contributed by atoms with Crippen LogP contribution in [0.25, 0.3) is 0 Å². The minimum Gasteiger partial charge on any atom is -0.381 e. The van der Waals surface area contributed by atoms with E-state index >= 15 is 0 Å². The molecule has 1 aromatic carbocycles. The molecule has 8 heteroatoms. The number of aromatic nitrogens is 2. The summed E-state index contributed by atoms with van der Waals surface area (Å²) in [5.41, 5.74) is 1.91. The van der Waals surface area contributed by atoms with Crippen LogP contribution in [0, 0.1) is 5.92 Å². The van der Waals surface area contributed by atoms with Crippen molar-refractivity contribution in [3.8, 4) is 0 Å². The maximum Gasteiger partial charge on any atom is 0.319 e. The van der Waals surface area contributed by atoms with Gasteiger partial charge in [0.05, 0.1) is 26.4 Å². The molecular weight excluding hydrogens is 370 g/mol. The van der Waals surface area contributed by atoms with E-state index in [4.69, 9.17) is 9.47 Å². The molecule has 2 fully saturated rings.